The highest BCUT2D eigenvalue weighted by Gasteiger charge is 2.53. The predicted molar refractivity (Wildman–Crippen MR) is 159 cm³/mol. The third-order valence-corrected chi connectivity index (χ3v) is 7.20. The second-order valence-corrected chi connectivity index (χ2v) is 10.5. The van der Waals surface area contributed by atoms with Gasteiger partial charge in [0.25, 0.3) is 5.91 Å². The van der Waals surface area contributed by atoms with Crippen LogP contribution in [-0.4, -0.2) is 49.3 Å². The van der Waals surface area contributed by atoms with E-state index in [0.29, 0.717) is 43.4 Å². The molecule has 0 fully saturated rings. The molecule has 0 aromatic heterocycles. The van der Waals surface area contributed by atoms with E-state index in [2.05, 4.69) is 33.7 Å². The molecule has 1 heterocycles. The van der Waals surface area contributed by atoms with Crippen molar-refractivity contribution in [3.05, 3.63) is 94.0 Å². The van der Waals surface area contributed by atoms with Gasteiger partial charge in [0.15, 0.2) is 11.6 Å². The van der Waals surface area contributed by atoms with Gasteiger partial charge in [-0.25, -0.2) is 10.4 Å². The van der Waals surface area contributed by atoms with Crippen molar-refractivity contribution < 1.29 is 24.1 Å². The number of methoxy groups -OCH3 is 1. The molecule has 2 atom stereocenters. The number of hydrogen-bond donors (Lipinski definition) is 3. The molecule has 0 radical (unpaired) electrons. The quantitative estimate of drug-likeness (QED) is 0.173. The summed E-state index contributed by atoms with van der Waals surface area (Å²) in [7, 11) is 1.61. The maximum absolute atomic E-state index is 14.1. The van der Waals surface area contributed by atoms with E-state index >= 15 is 0 Å². The Morgan fingerprint density at radius 2 is 1.85 bits per heavy atom. The fourth-order valence-electron chi connectivity index (χ4n) is 4.52. The van der Waals surface area contributed by atoms with Crippen molar-refractivity contribution in [2.75, 3.05) is 26.9 Å². The van der Waals surface area contributed by atoms with Gasteiger partial charge < -0.3 is 19.3 Å². The van der Waals surface area contributed by atoms with Crippen molar-refractivity contribution in [1.82, 2.24) is 10.9 Å². The Labute approximate surface area is 243 Å². The molecule has 3 N–H and O–H groups in total. The van der Waals surface area contributed by atoms with Crippen molar-refractivity contribution >= 4 is 27.7 Å². The monoisotopic (exact) mass is 609 g/mol. The van der Waals surface area contributed by atoms with Crippen LogP contribution in [0.4, 0.5) is 0 Å². The van der Waals surface area contributed by atoms with Gasteiger partial charge in [-0.15, -0.1) is 0 Å². The van der Waals surface area contributed by atoms with Crippen LogP contribution in [0.3, 0.4) is 0 Å². The van der Waals surface area contributed by atoms with E-state index < -0.39 is 11.6 Å². The lowest BCUT2D eigenvalue weighted by Crippen LogP contribution is -2.54. The van der Waals surface area contributed by atoms with Gasteiger partial charge in [-0.2, -0.15) is 0 Å². The highest BCUT2D eigenvalue weighted by Crippen LogP contribution is 2.43. The molecule has 212 valence electrons. The molecule has 0 saturated carbocycles. The summed E-state index contributed by atoms with van der Waals surface area (Å²) >= 11 is 3.50. The Balaban J connectivity index is 1.75. The fraction of sp³-hybridized carbons (Fsp3) is 0.355. The molecule has 1 aliphatic rings. The first-order chi connectivity index (χ1) is 19.5. The Morgan fingerprint density at radius 3 is 2.55 bits per heavy atom. The summed E-state index contributed by atoms with van der Waals surface area (Å²) < 4.78 is 18.7. The Morgan fingerprint density at radius 1 is 1.07 bits per heavy atom. The number of ether oxygens (including phenoxy) is 3. The first-order valence-electron chi connectivity index (χ1n) is 13.5. The minimum Gasteiger partial charge on any atom is -0.497 e. The largest absolute Gasteiger partial charge is 0.497 e. The molecular formula is C31H36BrN3O5. The standard InChI is InChI=1S/C31H36BrN3O5/c1-3-4-17-33-35-30(37)31(21-22-9-13-25(32)14-10-22)28(24-7-5-8-27(20-24)38-2)40-29(34-31)23-11-15-26(16-12-23)39-19-6-18-36/h5,7-16,20,28,33,36H,3-4,6,17-19,21H2,1-2H3,(H,35,37)/t28-,31-/m0/s1. The van der Waals surface area contributed by atoms with Gasteiger partial charge in [-0.1, -0.05) is 53.5 Å². The summed E-state index contributed by atoms with van der Waals surface area (Å²) in [4.78, 5) is 19.1. The molecule has 3 aromatic rings. The zero-order valence-electron chi connectivity index (χ0n) is 22.9. The van der Waals surface area contributed by atoms with Crippen LogP contribution in [0.1, 0.15) is 49.0 Å². The average molecular weight is 611 g/mol. The number of nitrogens with zero attached hydrogens (tertiary/aromatic N) is 1. The lowest BCUT2D eigenvalue weighted by Gasteiger charge is -2.31. The first-order valence-corrected chi connectivity index (χ1v) is 14.3. The molecule has 9 heteroatoms. The second kappa shape index (κ2) is 14.3. The van der Waals surface area contributed by atoms with Crippen molar-refractivity contribution in [2.45, 2.75) is 44.2 Å². The number of aliphatic hydroxyl groups excluding tert-OH is 1. The number of hydrogen-bond acceptors (Lipinski definition) is 7. The molecule has 0 bridgehead atoms. The smallest absolute Gasteiger partial charge is 0.266 e. The van der Waals surface area contributed by atoms with Crippen LogP contribution < -0.4 is 20.3 Å². The van der Waals surface area contributed by atoms with Gasteiger partial charge in [0.2, 0.25) is 5.90 Å². The van der Waals surface area contributed by atoms with Crippen LogP contribution in [0.2, 0.25) is 0 Å². The van der Waals surface area contributed by atoms with E-state index in [1.165, 1.54) is 0 Å². The lowest BCUT2D eigenvalue weighted by atomic mass is 9.82. The third kappa shape index (κ3) is 7.21. The zero-order chi connectivity index (χ0) is 28.4. The van der Waals surface area contributed by atoms with E-state index in [1.807, 2.05) is 72.8 Å². The number of halogens is 1. The minimum absolute atomic E-state index is 0.0736. The fourth-order valence-corrected chi connectivity index (χ4v) is 4.78. The van der Waals surface area contributed by atoms with Crippen LogP contribution in [0.15, 0.2) is 82.3 Å². The van der Waals surface area contributed by atoms with Gasteiger partial charge >= 0.3 is 0 Å². The van der Waals surface area contributed by atoms with Crippen LogP contribution in [-0.2, 0) is 16.0 Å². The van der Waals surface area contributed by atoms with Crippen molar-refractivity contribution in [3.63, 3.8) is 0 Å². The maximum Gasteiger partial charge on any atom is 0.266 e. The number of amides is 1. The Bertz CT molecular complexity index is 1280. The summed E-state index contributed by atoms with van der Waals surface area (Å²) in [6.45, 7) is 3.24. The van der Waals surface area contributed by atoms with Gasteiger partial charge in [0.1, 0.15) is 11.5 Å². The molecule has 40 heavy (non-hydrogen) atoms. The number of nitrogens with one attached hydrogen (secondary N) is 2. The average Bonchev–Trinajstić information content (AvgIpc) is 3.37. The van der Waals surface area contributed by atoms with Crippen LogP contribution >= 0.6 is 15.9 Å². The summed E-state index contributed by atoms with van der Waals surface area (Å²) in [6.07, 6.45) is 2.09. The molecule has 0 spiro atoms. The number of hydrazine groups is 1. The first kappa shape index (κ1) is 29.6. The van der Waals surface area contributed by atoms with Gasteiger partial charge in [-0.05, 0) is 66.1 Å². The number of unbranched alkanes of at least 4 members (excludes halogenated alkanes) is 1. The number of benzene rings is 3. The number of rotatable bonds is 14. The molecule has 0 saturated heterocycles. The Kier molecular flexibility index (Phi) is 10.6. The van der Waals surface area contributed by atoms with E-state index in [1.54, 1.807) is 7.11 Å². The van der Waals surface area contributed by atoms with Crippen molar-refractivity contribution in [3.8, 4) is 11.5 Å². The highest BCUT2D eigenvalue weighted by atomic mass is 79.9. The summed E-state index contributed by atoms with van der Waals surface area (Å²) in [6, 6.07) is 22.8. The Hall–Kier alpha value is -3.40. The van der Waals surface area contributed by atoms with Gasteiger partial charge in [-0.3, -0.25) is 10.2 Å². The van der Waals surface area contributed by atoms with E-state index in [0.717, 1.165) is 34.0 Å². The number of carbonyl (C=O) groups excluding carboxylic acids is 1. The SMILES string of the molecule is CCCCNNC(=O)[C@@]1(Cc2ccc(Br)cc2)N=C(c2ccc(OCCCO)cc2)O[C@H]1c1cccc(OC)c1. The molecule has 0 aliphatic carbocycles. The lowest BCUT2D eigenvalue weighted by molar-refractivity contribution is -0.130. The predicted octanol–water partition coefficient (Wildman–Crippen LogP) is 5.14. The topological polar surface area (TPSA) is 101 Å². The van der Waals surface area contributed by atoms with Crippen LogP contribution in [0.25, 0.3) is 0 Å². The number of carbonyl (C=O) groups is 1. The van der Waals surface area contributed by atoms with E-state index in [9.17, 15) is 4.79 Å². The van der Waals surface area contributed by atoms with E-state index in [-0.39, 0.29) is 12.5 Å². The normalized spacial score (nSPS) is 18.1. The summed E-state index contributed by atoms with van der Waals surface area (Å²) in [5.74, 6) is 1.44. The van der Waals surface area contributed by atoms with Crippen LogP contribution in [0, 0.1) is 0 Å². The second-order valence-electron chi connectivity index (χ2n) is 9.60. The molecule has 1 aliphatic heterocycles. The molecule has 1 amide bonds. The van der Waals surface area contributed by atoms with Gasteiger partial charge in [0.05, 0.1) is 13.7 Å². The molecule has 3 aromatic carbocycles. The maximum atomic E-state index is 14.1. The molecule has 4 rings (SSSR count). The number of aliphatic imine (C=N–C) groups is 1. The number of aliphatic hydroxyl groups is 1. The third-order valence-electron chi connectivity index (χ3n) is 6.67. The molecule has 8 nitrogen and oxygen atoms in total. The van der Waals surface area contributed by atoms with Crippen molar-refractivity contribution in [2.24, 2.45) is 4.99 Å². The van der Waals surface area contributed by atoms with Crippen molar-refractivity contribution in [1.29, 1.82) is 0 Å². The minimum atomic E-state index is -1.30. The zero-order valence-corrected chi connectivity index (χ0v) is 24.4. The summed E-state index contributed by atoms with van der Waals surface area (Å²) in [5.41, 5.74) is 7.14. The summed E-state index contributed by atoms with van der Waals surface area (Å²) in [5, 5.41) is 9.02. The van der Waals surface area contributed by atoms with Gasteiger partial charge in [0, 0.05) is 36.0 Å². The van der Waals surface area contributed by atoms with E-state index in [4.69, 9.17) is 24.3 Å². The van der Waals surface area contributed by atoms with Crippen LogP contribution in [0.5, 0.6) is 11.5 Å². The molecule has 0 unspecified atom stereocenters. The molecular weight excluding hydrogens is 574 g/mol. The highest BCUT2D eigenvalue weighted by molar-refractivity contribution is 9.10.